The quantitative estimate of drug-likeness (QED) is 0.815. The van der Waals surface area contributed by atoms with Crippen molar-refractivity contribution in [1.29, 1.82) is 0 Å². The molecule has 0 bridgehead atoms. The summed E-state index contributed by atoms with van der Waals surface area (Å²) in [6.07, 6.45) is 1.67. The lowest BCUT2D eigenvalue weighted by Crippen LogP contribution is -2.15. The number of nitrogens with two attached hydrogens (primary N) is 1. The minimum Gasteiger partial charge on any atom is -0.324 e. The summed E-state index contributed by atoms with van der Waals surface area (Å²) in [6.45, 7) is 4.11. The van der Waals surface area contributed by atoms with E-state index in [1.165, 1.54) is 6.07 Å². The summed E-state index contributed by atoms with van der Waals surface area (Å²) < 4.78 is 26.2. The van der Waals surface area contributed by atoms with Gasteiger partial charge in [0.15, 0.2) is 0 Å². The Morgan fingerprint density at radius 1 is 1.33 bits per heavy atom. The van der Waals surface area contributed by atoms with Crippen LogP contribution in [0.5, 0.6) is 0 Å². The van der Waals surface area contributed by atoms with E-state index in [2.05, 4.69) is 13.8 Å². The molecule has 84 valence electrons. The molecule has 0 aromatic heterocycles. The van der Waals surface area contributed by atoms with Gasteiger partial charge in [0, 0.05) is 11.6 Å². The van der Waals surface area contributed by atoms with Crippen molar-refractivity contribution in [3.05, 3.63) is 35.4 Å². The molecule has 0 aliphatic rings. The second kappa shape index (κ2) is 5.21. The molecule has 0 radical (unpaired) electrons. The number of hydrogen-bond acceptors (Lipinski definition) is 1. The van der Waals surface area contributed by atoms with Crippen LogP contribution in [0, 0.1) is 17.6 Å². The molecule has 1 aromatic rings. The predicted octanol–water partition coefficient (Wildman–Crippen LogP) is 3.40. The van der Waals surface area contributed by atoms with Crippen LogP contribution in [-0.4, -0.2) is 0 Å². The van der Waals surface area contributed by atoms with Gasteiger partial charge in [-0.2, -0.15) is 0 Å². The maximum atomic E-state index is 13.3. The number of rotatable bonds is 4. The first-order valence-electron chi connectivity index (χ1n) is 5.25. The molecule has 2 unspecified atom stereocenters. The van der Waals surface area contributed by atoms with Crippen LogP contribution < -0.4 is 5.73 Å². The molecule has 3 heteroatoms. The zero-order chi connectivity index (χ0) is 11.4. The van der Waals surface area contributed by atoms with E-state index in [0.29, 0.717) is 12.3 Å². The van der Waals surface area contributed by atoms with Crippen LogP contribution >= 0.6 is 0 Å². The van der Waals surface area contributed by atoms with Crippen molar-refractivity contribution in [2.75, 3.05) is 0 Å². The second-order valence-electron chi connectivity index (χ2n) is 4.02. The lowest BCUT2D eigenvalue weighted by molar-refractivity contribution is 0.447. The maximum absolute atomic E-state index is 13.3. The van der Waals surface area contributed by atoms with Gasteiger partial charge in [0.2, 0.25) is 0 Å². The molecule has 0 saturated carbocycles. The Hall–Kier alpha value is -0.960. The molecule has 2 N–H and O–H groups in total. The van der Waals surface area contributed by atoms with E-state index in [1.807, 2.05) is 0 Å². The first-order valence-corrected chi connectivity index (χ1v) is 5.25. The van der Waals surface area contributed by atoms with Gasteiger partial charge < -0.3 is 5.73 Å². The second-order valence-corrected chi connectivity index (χ2v) is 4.02. The van der Waals surface area contributed by atoms with E-state index < -0.39 is 17.7 Å². The summed E-state index contributed by atoms with van der Waals surface area (Å²) >= 11 is 0. The van der Waals surface area contributed by atoms with Crippen LogP contribution in [0.1, 0.15) is 38.3 Å². The normalized spacial score (nSPS) is 15.0. The average Bonchev–Trinajstić information content (AvgIpc) is 2.21. The fraction of sp³-hybridized carbons (Fsp3) is 0.500. The predicted molar refractivity (Wildman–Crippen MR) is 57.4 cm³/mol. The molecule has 15 heavy (non-hydrogen) atoms. The summed E-state index contributed by atoms with van der Waals surface area (Å²) in [6, 6.07) is 2.99. The SMILES string of the molecule is CCC(C)CC(N)c1cc(F)ccc1F. The van der Waals surface area contributed by atoms with Gasteiger partial charge in [0.1, 0.15) is 11.6 Å². The van der Waals surface area contributed by atoms with E-state index >= 15 is 0 Å². The number of hydrogen-bond donors (Lipinski definition) is 1. The standard InChI is InChI=1S/C12H17F2N/c1-3-8(2)6-12(15)10-7-9(13)4-5-11(10)14/h4-5,7-8,12H,3,6,15H2,1-2H3. The molecule has 0 heterocycles. The number of benzene rings is 1. The van der Waals surface area contributed by atoms with Crippen molar-refractivity contribution < 1.29 is 8.78 Å². The van der Waals surface area contributed by atoms with E-state index in [1.54, 1.807) is 0 Å². The summed E-state index contributed by atoms with van der Waals surface area (Å²) in [5.41, 5.74) is 6.11. The van der Waals surface area contributed by atoms with Crippen molar-refractivity contribution in [1.82, 2.24) is 0 Å². The fourth-order valence-corrected chi connectivity index (χ4v) is 1.53. The highest BCUT2D eigenvalue weighted by Gasteiger charge is 2.14. The fourth-order valence-electron chi connectivity index (χ4n) is 1.53. The average molecular weight is 213 g/mol. The molecule has 1 aromatic carbocycles. The van der Waals surface area contributed by atoms with Crippen LogP contribution in [0.3, 0.4) is 0 Å². The largest absolute Gasteiger partial charge is 0.324 e. The summed E-state index contributed by atoms with van der Waals surface area (Å²) in [5, 5.41) is 0. The van der Waals surface area contributed by atoms with Crippen LogP contribution in [0.4, 0.5) is 8.78 Å². The molecule has 0 fully saturated rings. The van der Waals surface area contributed by atoms with Gasteiger partial charge >= 0.3 is 0 Å². The van der Waals surface area contributed by atoms with Crippen molar-refractivity contribution in [3.63, 3.8) is 0 Å². The monoisotopic (exact) mass is 213 g/mol. The molecule has 0 amide bonds. The van der Waals surface area contributed by atoms with Crippen LogP contribution in [0.25, 0.3) is 0 Å². The van der Waals surface area contributed by atoms with Crippen molar-refractivity contribution in [3.8, 4) is 0 Å². The Labute approximate surface area is 89.3 Å². The van der Waals surface area contributed by atoms with Crippen molar-refractivity contribution in [2.45, 2.75) is 32.7 Å². The van der Waals surface area contributed by atoms with Gasteiger partial charge in [-0.25, -0.2) is 8.78 Å². The highest BCUT2D eigenvalue weighted by molar-refractivity contribution is 5.22. The van der Waals surface area contributed by atoms with Gasteiger partial charge in [-0.1, -0.05) is 20.3 Å². The highest BCUT2D eigenvalue weighted by Crippen LogP contribution is 2.23. The van der Waals surface area contributed by atoms with Crippen LogP contribution in [-0.2, 0) is 0 Å². The van der Waals surface area contributed by atoms with Crippen LogP contribution in [0.15, 0.2) is 18.2 Å². The molecule has 0 aliphatic heterocycles. The van der Waals surface area contributed by atoms with Crippen LogP contribution in [0.2, 0.25) is 0 Å². The Balaban J connectivity index is 2.80. The van der Waals surface area contributed by atoms with Gasteiger partial charge in [0.25, 0.3) is 0 Å². The van der Waals surface area contributed by atoms with E-state index in [4.69, 9.17) is 5.73 Å². The van der Waals surface area contributed by atoms with Gasteiger partial charge in [0.05, 0.1) is 0 Å². The van der Waals surface area contributed by atoms with Gasteiger partial charge in [-0.05, 0) is 30.5 Å². The summed E-state index contributed by atoms with van der Waals surface area (Å²) in [4.78, 5) is 0. The minimum absolute atomic E-state index is 0.273. The molecule has 1 nitrogen and oxygen atoms in total. The Kier molecular flexibility index (Phi) is 4.21. The first kappa shape index (κ1) is 12.1. The molecule has 1 rings (SSSR count). The third-order valence-electron chi connectivity index (χ3n) is 2.71. The summed E-state index contributed by atoms with van der Waals surface area (Å²) in [7, 11) is 0. The van der Waals surface area contributed by atoms with Crippen molar-refractivity contribution >= 4 is 0 Å². The topological polar surface area (TPSA) is 26.0 Å². The van der Waals surface area contributed by atoms with Gasteiger partial charge in [-0.3, -0.25) is 0 Å². The lowest BCUT2D eigenvalue weighted by atomic mass is 9.94. The van der Waals surface area contributed by atoms with Gasteiger partial charge in [-0.15, -0.1) is 0 Å². The van der Waals surface area contributed by atoms with Crippen molar-refractivity contribution in [2.24, 2.45) is 11.7 Å². The molecule has 0 spiro atoms. The highest BCUT2D eigenvalue weighted by atomic mass is 19.1. The lowest BCUT2D eigenvalue weighted by Gasteiger charge is -2.16. The zero-order valence-corrected chi connectivity index (χ0v) is 9.13. The third kappa shape index (κ3) is 3.27. The molecular formula is C12H17F2N. The Morgan fingerprint density at radius 2 is 2.00 bits per heavy atom. The Bertz CT molecular complexity index is 325. The molecular weight excluding hydrogens is 196 g/mol. The van der Waals surface area contributed by atoms with E-state index in [0.717, 1.165) is 18.6 Å². The minimum atomic E-state index is -0.439. The smallest absolute Gasteiger partial charge is 0.128 e. The molecule has 0 aliphatic carbocycles. The molecule has 2 atom stereocenters. The Morgan fingerprint density at radius 3 is 2.60 bits per heavy atom. The summed E-state index contributed by atoms with van der Waals surface area (Å²) in [5.74, 6) is -0.444. The third-order valence-corrected chi connectivity index (χ3v) is 2.71. The first-order chi connectivity index (χ1) is 7.04. The zero-order valence-electron chi connectivity index (χ0n) is 9.13. The maximum Gasteiger partial charge on any atom is 0.128 e. The molecule has 0 saturated heterocycles. The van der Waals surface area contributed by atoms with E-state index in [9.17, 15) is 8.78 Å². The van der Waals surface area contributed by atoms with E-state index in [-0.39, 0.29) is 5.56 Å². The number of halogens is 2.